The van der Waals surface area contributed by atoms with Crippen molar-refractivity contribution >= 4 is 6.09 Å². The number of carbonyl (C=O) groups excluding carboxylic acids is 1. The molecule has 2 heterocycles. The van der Waals surface area contributed by atoms with Crippen LogP contribution in [-0.2, 0) is 17.7 Å². The van der Waals surface area contributed by atoms with E-state index in [2.05, 4.69) is 72.2 Å². The van der Waals surface area contributed by atoms with Crippen LogP contribution in [0.4, 0.5) is 4.79 Å². The van der Waals surface area contributed by atoms with Gasteiger partial charge in [-0.05, 0) is 93.0 Å². The molecule has 6 heteroatoms. The van der Waals surface area contributed by atoms with Gasteiger partial charge < -0.3 is 14.4 Å². The lowest BCUT2D eigenvalue weighted by Gasteiger charge is -2.58. The van der Waals surface area contributed by atoms with Crippen molar-refractivity contribution in [3.63, 3.8) is 0 Å². The van der Waals surface area contributed by atoms with E-state index in [-0.39, 0.29) is 6.09 Å². The number of rotatable bonds is 7. The van der Waals surface area contributed by atoms with Crippen molar-refractivity contribution in [3.05, 3.63) is 65.2 Å². The molecule has 2 aliphatic heterocycles. The van der Waals surface area contributed by atoms with Crippen molar-refractivity contribution in [1.82, 2.24) is 14.7 Å². The summed E-state index contributed by atoms with van der Waals surface area (Å²) in [5.41, 5.74) is 4.30. The molecule has 1 aliphatic carbocycles. The van der Waals surface area contributed by atoms with Gasteiger partial charge in [-0.2, -0.15) is 0 Å². The average Bonchev–Trinajstić information content (AvgIpc) is 2.91. The van der Waals surface area contributed by atoms with Gasteiger partial charge in [0.15, 0.2) is 0 Å². The highest BCUT2D eigenvalue weighted by atomic mass is 16.6. The maximum absolute atomic E-state index is 12.6. The summed E-state index contributed by atoms with van der Waals surface area (Å²) < 4.78 is 11.0. The molecule has 6 nitrogen and oxygen atoms in total. The van der Waals surface area contributed by atoms with E-state index in [1.807, 2.05) is 25.7 Å². The van der Waals surface area contributed by atoms with Gasteiger partial charge >= 0.3 is 6.09 Å². The lowest BCUT2D eigenvalue weighted by atomic mass is 9.59. The van der Waals surface area contributed by atoms with E-state index in [1.165, 1.54) is 29.5 Å². The zero-order valence-electron chi connectivity index (χ0n) is 26.2. The maximum atomic E-state index is 12.6. The lowest BCUT2D eigenvalue weighted by Crippen LogP contribution is -2.60. The summed E-state index contributed by atoms with van der Waals surface area (Å²) in [6.45, 7) is 16.3. The van der Waals surface area contributed by atoms with E-state index in [4.69, 9.17) is 9.47 Å². The molecule has 0 radical (unpaired) electrons. The van der Waals surface area contributed by atoms with Gasteiger partial charge in [0, 0.05) is 51.4 Å². The van der Waals surface area contributed by atoms with Gasteiger partial charge in [-0.15, -0.1) is 0 Å². The van der Waals surface area contributed by atoms with Crippen LogP contribution >= 0.6 is 0 Å². The first-order valence-electron chi connectivity index (χ1n) is 15.7. The highest BCUT2D eigenvalue weighted by molar-refractivity contribution is 5.68. The molecule has 1 amide bonds. The maximum Gasteiger partial charge on any atom is 0.410 e. The second kappa shape index (κ2) is 12.3. The number of likely N-dealkylation sites (tertiary alicyclic amines) is 1. The topological polar surface area (TPSA) is 45.2 Å². The molecule has 5 rings (SSSR count). The van der Waals surface area contributed by atoms with Crippen molar-refractivity contribution < 1.29 is 14.3 Å². The monoisotopic (exact) mass is 561 g/mol. The molecule has 3 aliphatic rings. The van der Waals surface area contributed by atoms with E-state index in [1.54, 1.807) is 7.11 Å². The lowest BCUT2D eigenvalue weighted by molar-refractivity contribution is -0.0782. The van der Waals surface area contributed by atoms with Gasteiger partial charge in [-0.3, -0.25) is 9.80 Å². The molecule has 2 saturated heterocycles. The first kappa shape index (κ1) is 29.9. The standard InChI is InChI=1S/C35H51N3O3/c1-26(2)21-28-9-7-8-10-31(28)32-25-36(24-27-11-13-30(40-6)14-12-27)19-20-38(32)29-22-35(23-29)15-17-37(18-16-35)33(39)41-34(3,4)5/h7-14,26,29,32H,15-25H2,1-6H3. The van der Waals surface area contributed by atoms with Crippen molar-refractivity contribution in [1.29, 1.82) is 0 Å². The van der Waals surface area contributed by atoms with Gasteiger partial charge in [-0.25, -0.2) is 4.79 Å². The van der Waals surface area contributed by atoms with Crippen LogP contribution in [0.5, 0.6) is 5.75 Å². The molecule has 0 N–H and O–H groups in total. The van der Waals surface area contributed by atoms with E-state index in [0.717, 1.165) is 64.3 Å². The van der Waals surface area contributed by atoms with Crippen LogP contribution in [0.1, 0.15) is 83.0 Å². The first-order valence-corrected chi connectivity index (χ1v) is 15.7. The molecule has 2 aromatic rings. The summed E-state index contributed by atoms with van der Waals surface area (Å²) in [5, 5.41) is 0. The number of carbonyl (C=O) groups is 1. The number of piperidine rings is 1. The number of methoxy groups -OCH3 is 1. The SMILES string of the molecule is COc1ccc(CN2CCN(C3CC4(CCN(C(=O)OC(C)(C)C)CC4)C3)C(c3ccccc3CC(C)C)C2)cc1. The summed E-state index contributed by atoms with van der Waals surface area (Å²) in [5.74, 6) is 1.54. The Morgan fingerprint density at radius 2 is 1.66 bits per heavy atom. The van der Waals surface area contributed by atoms with Gasteiger partial charge in [-0.1, -0.05) is 50.2 Å². The Balaban J connectivity index is 1.27. The number of nitrogens with zero attached hydrogens (tertiary/aromatic N) is 3. The largest absolute Gasteiger partial charge is 0.497 e. The van der Waals surface area contributed by atoms with Crippen molar-refractivity contribution in [2.45, 2.75) is 91.0 Å². The minimum absolute atomic E-state index is 0.155. The van der Waals surface area contributed by atoms with Crippen LogP contribution in [0.25, 0.3) is 0 Å². The highest BCUT2D eigenvalue weighted by Gasteiger charge is 2.50. The Morgan fingerprint density at radius 3 is 2.29 bits per heavy atom. The predicted molar refractivity (Wildman–Crippen MR) is 165 cm³/mol. The summed E-state index contributed by atoms with van der Waals surface area (Å²) >= 11 is 0. The third-order valence-corrected chi connectivity index (χ3v) is 9.40. The molecule has 3 fully saturated rings. The normalized spacial score (nSPS) is 22.1. The van der Waals surface area contributed by atoms with Crippen molar-refractivity contribution in [2.24, 2.45) is 11.3 Å². The van der Waals surface area contributed by atoms with Crippen LogP contribution in [0.2, 0.25) is 0 Å². The molecule has 1 unspecified atom stereocenters. The molecule has 1 atom stereocenters. The van der Waals surface area contributed by atoms with Gasteiger partial charge in [0.1, 0.15) is 11.4 Å². The Morgan fingerprint density at radius 1 is 0.976 bits per heavy atom. The third kappa shape index (κ3) is 7.26. The van der Waals surface area contributed by atoms with E-state index in [0.29, 0.717) is 23.4 Å². The second-order valence-electron chi connectivity index (χ2n) is 14.2. The molecule has 1 spiro atoms. The number of hydrogen-bond donors (Lipinski definition) is 0. The fourth-order valence-electron chi connectivity index (χ4n) is 7.26. The summed E-state index contributed by atoms with van der Waals surface area (Å²) in [6.07, 6.45) is 5.64. The molecule has 41 heavy (non-hydrogen) atoms. The fourth-order valence-corrected chi connectivity index (χ4v) is 7.26. The zero-order chi connectivity index (χ0) is 29.2. The molecule has 224 valence electrons. The number of amides is 1. The summed E-state index contributed by atoms with van der Waals surface area (Å²) in [4.78, 5) is 20.0. The first-order chi connectivity index (χ1) is 19.5. The number of hydrogen-bond acceptors (Lipinski definition) is 5. The van der Waals surface area contributed by atoms with Gasteiger partial charge in [0.05, 0.1) is 7.11 Å². The van der Waals surface area contributed by atoms with E-state index >= 15 is 0 Å². The van der Waals surface area contributed by atoms with E-state index in [9.17, 15) is 4.79 Å². The van der Waals surface area contributed by atoms with Crippen molar-refractivity contribution in [3.8, 4) is 5.75 Å². The minimum atomic E-state index is -0.440. The molecular weight excluding hydrogens is 510 g/mol. The zero-order valence-corrected chi connectivity index (χ0v) is 26.2. The predicted octanol–water partition coefficient (Wildman–Crippen LogP) is 6.93. The summed E-state index contributed by atoms with van der Waals surface area (Å²) in [6, 6.07) is 18.7. The van der Waals surface area contributed by atoms with Crippen LogP contribution in [0.3, 0.4) is 0 Å². The van der Waals surface area contributed by atoms with Gasteiger partial charge in [0.25, 0.3) is 0 Å². The fraction of sp³-hybridized carbons (Fsp3) is 0.629. The van der Waals surface area contributed by atoms with E-state index < -0.39 is 5.60 Å². The quantitative estimate of drug-likeness (QED) is 0.367. The Bertz CT molecular complexity index is 1160. The number of piperazine rings is 1. The van der Waals surface area contributed by atoms with Crippen LogP contribution in [0, 0.1) is 11.3 Å². The Labute approximate surface area is 248 Å². The number of ether oxygens (including phenoxy) is 2. The van der Waals surface area contributed by atoms with Crippen LogP contribution in [0.15, 0.2) is 48.5 Å². The Hall–Kier alpha value is -2.57. The molecule has 1 saturated carbocycles. The third-order valence-electron chi connectivity index (χ3n) is 9.40. The van der Waals surface area contributed by atoms with Crippen molar-refractivity contribution in [2.75, 3.05) is 39.8 Å². The smallest absolute Gasteiger partial charge is 0.410 e. The average molecular weight is 562 g/mol. The van der Waals surface area contributed by atoms with Crippen LogP contribution in [-0.4, -0.2) is 72.3 Å². The number of benzene rings is 2. The van der Waals surface area contributed by atoms with Crippen LogP contribution < -0.4 is 4.74 Å². The molecule has 2 aromatic carbocycles. The van der Waals surface area contributed by atoms with Gasteiger partial charge in [0.2, 0.25) is 0 Å². The molecular formula is C35H51N3O3. The summed E-state index contributed by atoms with van der Waals surface area (Å²) in [7, 11) is 1.72. The Kier molecular flexibility index (Phi) is 9.01. The minimum Gasteiger partial charge on any atom is -0.497 e. The highest BCUT2D eigenvalue weighted by Crippen LogP contribution is 2.53. The molecule has 0 bridgehead atoms. The molecule has 0 aromatic heterocycles. The second-order valence-corrected chi connectivity index (χ2v) is 14.2.